The van der Waals surface area contributed by atoms with Crippen LogP contribution in [0.1, 0.15) is 32.4 Å². The van der Waals surface area contributed by atoms with Gasteiger partial charge in [-0.15, -0.1) is 0 Å². The number of benzene rings is 1. The summed E-state index contributed by atoms with van der Waals surface area (Å²) in [7, 11) is 0. The van der Waals surface area contributed by atoms with Crippen molar-refractivity contribution in [1.29, 1.82) is 0 Å². The normalized spacial score (nSPS) is 16.3. The van der Waals surface area contributed by atoms with Crippen LogP contribution >= 0.6 is 0 Å². The highest BCUT2D eigenvalue weighted by atomic mass is 19.1. The Balaban J connectivity index is 1.41. The largest absolute Gasteiger partial charge is 0.487 e. The number of aryl methyl sites for hydroxylation is 1. The van der Waals surface area contributed by atoms with Crippen LogP contribution in [0.3, 0.4) is 0 Å². The number of fused-ring (bicyclic) bond motifs is 1. The number of carbonyl (C=O) groups excluding carboxylic acids is 1. The van der Waals surface area contributed by atoms with Gasteiger partial charge in [0.1, 0.15) is 29.9 Å². The standard InChI is InChI=1S/C25H28F2N6O3/c1-3-33-14-17(13-28-33)23-24(30-25-21(29-23)15-32(16(2)34)10-11-35-25)31-8-6-19(7-9-31)36-22-5-4-18(26)12-20(22)27/h4-5,12-14,19H,3,6-11,15H2,1-2H3. The van der Waals surface area contributed by atoms with E-state index in [0.717, 1.165) is 18.2 Å². The molecule has 9 nitrogen and oxygen atoms in total. The second-order valence-electron chi connectivity index (χ2n) is 8.90. The molecule has 4 heterocycles. The van der Waals surface area contributed by atoms with Gasteiger partial charge in [0.25, 0.3) is 0 Å². The van der Waals surface area contributed by atoms with E-state index >= 15 is 0 Å². The van der Waals surface area contributed by atoms with Crippen molar-refractivity contribution in [3.63, 3.8) is 0 Å². The third-order valence-corrected chi connectivity index (χ3v) is 6.46. The van der Waals surface area contributed by atoms with E-state index < -0.39 is 11.6 Å². The first-order valence-corrected chi connectivity index (χ1v) is 12.1. The van der Waals surface area contributed by atoms with Crippen molar-refractivity contribution in [3.05, 3.63) is 47.9 Å². The van der Waals surface area contributed by atoms with E-state index in [4.69, 9.17) is 19.4 Å². The SMILES string of the molecule is CCn1cc(-c2nc3c(nc2N2CCC(Oc4ccc(F)cc4F)CC2)OCCN(C(C)=O)C3)cn1. The van der Waals surface area contributed by atoms with Gasteiger partial charge in [-0.2, -0.15) is 10.1 Å². The molecule has 0 spiro atoms. The molecule has 1 amide bonds. The lowest BCUT2D eigenvalue weighted by Gasteiger charge is -2.34. The number of anilines is 1. The second-order valence-corrected chi connectivity index (χ2v) is 8.90. The molecule has 0 N–H and O–H groups in total. The minimum absolute atomic E-state index is 0.0441. The highest BCUT2D eigenvalue weighted by molar-refractivity contribution is 5.74. The van der Waals surface area contributed by atoms with E-state index in [1.54, 1.807) is 11.1 Å². The van der Waals surface area contributed by atoms with Gasteiger partial charge in [-0.1, -0.05) is 0 Å². The number of halogens is 2. The highest BCUT2D eigenvalue weighted by Crippen LogP contribution is 2.34. The Labute approximate surface area is 207 Å². The summed E-state index contributed by atoms with van der Waals surface area (Å²) in [5.74, 6) is -0.239. The third kappa shape index (κ3) is 4.95. The summed E-state index contributed by atoms with van der Waals surface area (Å²) in [4.78, 5) is 25.6. The molecule has 0 unspecified atom stereocenters. The average molecular weight is 499 g/mol. The number of rotatable bonds is 5. The first kappa shape index (κ1) is 24.0. The molecule has 0 atom stereocenters. The smallest absolute Gasteiger partial charge is 0.239 e. The van der Waals surface area contributed by atoms with Crippen molar-refractivity contribution in [2.45, 2.75) is 45.9 Å². The summed E-state index contributed by atoms with van der Waals surface area (Å²) in [5.41, 5.74) is 2.11. The predicted octanol–water partition coefficient (Wildman–Crippen LogP) is 3.43. The Bertz CT molecular complexity index is 1260. The zero-order valence-electron chi connectivity index (χ0n) is 20.3. The second kappa shape index (κ2) is 10.1. The Morgan fingerprint density at radius 1 is 1.19 bits per heavy atom. The Morgan fingerprint density at radius 3 is 2.69 bits per heavy atom. The molecular formula is C25H28F2N6O3. The van der Waals surface area contributed by atoms with Crippen molar-refractivity contribution >= 4 is 11.7 Å². The molecule has 0 radical (unpaired) electrons. The topological polar surface area (TPSA) is 85.6 Å². The molecule has 0 saturated carbocycles. The van der Waals surface area contributed by atoms with Gasteiger partial charge in [-0.3, -0.25) is 9.48 Å². The first-order valence-electron chi connectivity index (χ1n) is 12.1. The summed E-state index contributed by atoms with van der Waals surface area (Å²) in [5, 5.41) is 4.40. The summed E-state index contributed by atoms with van der Waals surface area (Å²) in [6, 6.07) is 3.33. The minimum atomic E-state index is -0.707. The van der Waals surface area contributed by atoms with Crippen LogP contribution in [0, 0.1) is 11.6 Å². The van der Waals surface area contributed by atoms with Crippen LogP contribution in [-0.2, 0) is 17.9 Å². The lowest BCUT2D eigenvalue weighted by Crippen LogP contribution is -2.39. The van der Waals surface area contributed by atoms with Gasteiger partial charge in [0.15, 0.2) is 17.4 Å². The van der Waals surface area contributed by atoms with Gasteiger partial charge < -0.3 is 19.3 Å². The summed E-state index contributed by atoms with van der Waals surface area (Å²) in [6.45, 7) is 6.60. The van der Waals surface area contributed by atoms with Crippen molar-refractivity contribution < 1.29 is 23.0 Å². The van der Waals surface area contributed by atoms with Crippen LogP contribution in [0.2, 0.25) is 0 Å². The Kier molecular flexibility index (Phi) is 6.71. The van der Waals surface area contributed by atoms with E-state index in [-0.39, 0.29) is 17.8 Å². The Hall–Kier alpha value is -3.76. The van der Waals surface area contributed by atoms with Crippen LogP contribution in [0.25, 0.3) is 11.3 Å². The van der Waals surface area contributed by atoms with Gasteiger partial charge in [0.05, 0.1) is 19.3 Å². The van der Waals surface area contributed by atoms with Crippen molar-refractivity contribution in [2.24, 2.45) is 0 Å². The zero-order valence-corrected chi connectivity index (χ0v) is 20.3. The number of piperidine rings is 1. The fourth-order valence-electron chi connectivity index (χ4n) is 4.45. The number of nitrogens with zero attached hydrogens (tertiary/aromatic N) is 6. The van der Waals surface area contributed by atoms with Crippen molar-refractivity contribution in [1.82, 2.24) is 24.6 Å². The van der Waals surface area contributed by atoms with Gasteiger partial charge in [-0.25, -0.2) is 13.8 Å². The lowest BCUT2D eigenvalue weighted by molar-refractivity contribution is -0.129. The van der Waals surface area contributed by atoms with Crippen LogP contribution in [0.4, 0.5) is 14.6 Å². The molecule has 1 aromatic carbocycles. The quantitative estimate of drug-likeness (QED) is 0.533. The molecule has 0 aliphatic carbocycles. The zero-order chi connectivity index (χ0) is 25.2. The molecule has 0 bridgehead atoms. The van der Waals surface area contributed by atoms with Gasteiger partial charge >= 0.3 is 0 Å². The van der Waals surface area contributed by atoms with Gasteiger partial charge in [-0.05, 0) is 19.1 Å². The van der Waals surface area contributed by atoms with Crippen LogP contribution in [0.5, 0.6) is 11.6 Å². The molecule has 190 valence electrons. The number of ether oxygens (including phenoxy) is 2. The fraction of sp³-hybridized carbons (Fsp3) is 0.440. The monoisotopic (exact) mass is 498 g/mol. The van der Waals surface area contributed by atoms with Crippen molar-refractivity contribution in [2.75, 3.05) is 31.1 Å². The first-order chi connectivity index (χ1) is 17.4. The van der Waals surface area contributed by atoms with Gasteiger partial charge in [0.2, 0.25) is 11.8 Å². The number of aromatic nitrogens is 4. The van der Waals surface area contributed by atoms with Gasteiger partial charge in [0, 0.05) is 57.2 Å². The number of hydrogen-bond donors (Lipinski definition) is 0. The highest BCUT2D eigenvalue weighted by Gasteiger charge is 2.29. The molecule has 1 fully saturated rings. The molecule has 2 aliphatic heterocycles. The summed E-state index contributed by atoms with van der Waals surface area (Å²) < 4.78 is 40.8. The molecular weight excluding hydrogens is 470 g/mol. The predicted molar refractivity (Wildman–Crippen MR) is 128 cm³/mol. The molecule has 1 saturated heterocycles. The molecule has 3 aromatic rings. The van der Waals surface area contributed by atoms with E-state index in [1.807, 2.05) is 17.8 Å². The van der Waals surface area contributed by atoms with E-state index in [0.29, 0.717) is 68.7 Å². The molecule has 5 rings (SSSR count). The number of amides is 1. The maximum Gasteiger partial charge on any atom is 0.239 e. The van der Waals surface area contributed by atoms with Crippen LogP contribution in [-0.4, -0.2) is 62.9 Å². The van der Waals surface area contributed by atoms with E-state index in [2.05, 4.69) is 10.00 Å². The Morgan fingerprint density at radius 2 is 2.00 bits per heavy atom. The van der Waals surface area contributed by atoms with E-state index in [9.17, 15) is 13.6 Å². The molecule has 2 aliphatic rings. The summed E-state index contributed by atoms with van der Waals surface area (Å²) in [6.07, 6.45) is 4.73. The number of hydrogen-bond acceptors (Lipinski definition) is 7. The van der Waals surface area contributed by atoms with Crippen LogP contribution < -0.4 is 14.4 Å². The number of carbonyl (C=O) groups is 1. The summed E-state index contributed by atoms with van der Waals surface area (Å²) >= 11 is 0. The average Bonchev–Trinajstić information content (AvgIpc) is 3.25. The minimum Gasteiger partial charge on any atom is -0.487 e. The fourth-order valence-corrected chi connectivity index (χ4v) is 4.45. The van der Waals surface area contributed by atoms with E-state index in [1.165, 1.54) is 19.1 Å². The maximum absolute atomic E-state index is 14.0. The van der Waals surface area contributed by atoms with Crippen molar-refractivity contribution in [3.8, 4) is 22.9 Å². The molecule has 11 heteroatoms. The molecule has 2 aromatic heterocycles. The van der Waals surface area contributed by atoms with Crippen LogP contribution in [0.15, 0.2) is 30.6 Å². The molecule has 36 heavy (non-hydrogen) atoms. The third-order valence-electron chi connectivity index (χ3n) is 6.46. The maximum atomic E-state index is 14.0. The lowest BCUT2D eigenvalue weighted by atomic mass is 10.1.